The van der Waals surface area contributed by atoms with Crippen LogP contribution in [0.1, 0.15) is 41.6 Å². The fourth-order valence-corrected chi connectivity index (χ4v) is 2.68. The Morgan fingerprint density at radius 3 is 2.48 bits per heavy atom. The molecular weight excluding hydrogens is 321 g/mol. The molecule has 25 heavy (non-hydrogen) atoms. The maximum Gasteiger partial charge on any atom is 0.270 e. The number of hydrogen-bond donors (Lipinski definition) is 1. The van der Waals surface area contributed by atoms with Gasteiger partial charge in [0.15, 0.2) is 0 Å². The van der Waals surface area contributed by atoms with Crippen molar-refractivity contribution in [1.82, 2.24) is 9.47 Å². The number of carbonyl (C=O) groups excluding carboxylic acids is 1. The molecule has 0 aliphatic heterocycles. The summed E-state index contributed by atoms with van der Waals surface area (Å²) in [5.74, 6) is -0.419. The van der Waals surface area contributed by atoms with Gasteiger partial charge in [-0.25, -0.2) is 4.39 Å². The zero-order valence-corrected chi connectivity index (χ0v) is 14.6. The van der Waals surface area contributed by atoms with Crippen molar-refractivity contribution in [1.29, 1.82) is 5.26 Å². The average Bonchev–Trinajstić information content (AvgIpc) is 2.94. The number of aromatic nitrogens is 1. The summed E-state index contributed by atoms with van der Waals surface area (Å²) >= 11 is 0. The second kappa shape index (κ2) is 7.95. The number of amides is 1. The van der Waals surface area contributed by atoms with Gasteiger partial charge in [0, 0.05) is 19.8 Å². The van der Waals surface area contributed by atoms with E-state index in [2.05, 4.69) is 0 Å². The van der Waals surface area contributed by atoms with Crippen LogP contribution < -0.4 is 0 Å². The first-order chi connectivity index (χ1) is 11.8. The second-order valence-electron chi connectivity index (χ2n) is 6.51. The fraction of sp³-hybridized carbons (Fsp3) is 0.368. The van der Waals surface area contributed by atoms with Crippen molar-refractivity contribution in [3.63, 3.8) is 0 Å². The van der Waals surface area contributed by atoms with Crippen molar-refractivity contribution in [3.05, 3.63) is 59.2 Å². The molecule has 0 radical (unpaired) electrons. The Kier molecular flexibility index (Phi) is 5.94. The maximum atomic E-state index is 13.0. The van der Waals surface area contributed by atoms with Crippen molar-refractivity contribution >= 4 is 5.91 Å². The van der Waals surface area contributed by atoms with Crippen LogP contribution in [0.4, 0.5) is 4.39 Å². The predicted octanol–water partition coefficient (Wildman–Crippen LogP) is 2.87. The minimum atomic E-state index is -0.918. The molecule has 0 unspecified atom stereocenters. The third kappa shape index (κ3) is 4.68. The molecule has 2 rings (SSSR count). The summed E-state index contributed by atoms with van der Waals surface area (Å²) in [5, 5.41) is 19.4. The van der Waals surface area contributed by atoms with Gasteiger partial charge in [-0.3, -0.25) is 4.79 Å². The summed E-state index contributed by atoms with van der Waals surface area (Å²) in [6.07, 6.45) is 0.677. The molecule has 1 amide bonds. The van der Waals surface area contributed by atoms with Crippen LogP contribution in [0.3, 0.4) is 0 Å². The second-order valence-corrected chi connectivity index (χ2v) is 6.51. The zero-order valence-electron chi connectivity index (χ0n) is 14.6. The Bertz CT molecular complexity index is 775. The number of rotatable bonds is 6. The highest BCUT2D eigenvalue weighted by atomic mass is 19.1. The van der Waals surface area contributed by atoms with Gasteiger partial charge in [0.05, 0.1) is 18.2 Å². The van der Waals surface area contributed by atoms with Crippen LogP contribution in [0.25, 0.3) is 0 Å². The van der Waals surface area contributed by atoms with Gasteiger partial charge in [-0.1, -0.05) is 26.0 Å². The molecule has 1 aromatic heterocycles. The van der Waals surface area contributed by atoms with Crippen LogP contribution in [0.15, 0.2) is 36.5 Å². The average molecular weight is 343 g/mol. The summed E-state index contributed by atoms with van der Waals surface area (Å²) in [4.78, 5) is 14.4. The van der Waals surface area contributed by atoms with E-state index in [-0.39, 0.29) is 24.2 Å². The summed E-state index contributed by atoms with van der Waals surface area (Å²) in [7, 11) is 1.71. The van der Waals surface area contributed by atoms with E-state index >= 15 is 0 Å². The molecule has 1 heterocycles. The van der Waals surface area contributed by atoms with Gasteiger partial charge in [0.1, 0.15) is 17.6 Å². The molecular formula is C19H22FN3O2. The third-order valence-corrected chi connectivity index (χ3v) is 3.87. The number of nitrogens with zero attached hydrogens (tertiary/aromatic N) is 3. The van der Waals surface area contributed by atoms with E-state index in [0.717, 1.165) is 0 Å². The van der Waals surface area contributed by atoms with Crippen LogP contribution in [0.2, 0.25) is 0 Å². The normalized spacial score (nSPS) is 12.0. The van der Waals surface area contributed by atoms with Gasteiger partial charge >= 0.3 is 0 Å². The molecule has 0 bridgehead atoms. The Morgan fingerprint density at radius 2 is 1.96 bits per heavy atom. The lowest BCUT2D eigenvalue weighted by Crippen LogP contribution is -2.38. The Balaban J connectivity index is 2.22. The molecule has 1 aromatic carbocycles. The largest absolute Gasteiger partial charge is 0.387 e. The first kappa shape index (κ1) is 18.7. The van der Waals surface area contributed by atoms with Crippen LogP contribution in [0.5, 0.6) is 0 Å². The first-order valence-corrected chi connectivity index (χ1v) is 8.11. The van der Waals surface area contributed by atoms with Crippen LogP contribution in [-0.4, -0.2) is 33.6 Å². The lowest BCUT2D eigenvalue weighted by Gasteiger charge is -2.27. The number of aliphatic hydroxyl groups is 1. The summed E-state index contributed by atoms with van der Waals surface area (Å²) in [5.41, 5.74) is 1.35. The SMILES string of the molecule is CC(C)CN(C[C@H](O)c1ccc(F)cc1)C(=O)c1cc(C#N)cn1C. The molecule has 5 nitrogen and oxygen atoms in total. The maximum absolute atomic E-state index is 13.0. The highest BCUT2D eigenvalue weighted by Gasteiger charge is 2.23. The molecule has 0 fully saturated rings. The fourth-order valence-electron chi connectivity index (χ4n) is 2.68. The minimum Gasteiger partial charge on any atom is -0.387 e. The number of aryl methyl sites for hydroxylation is 1. The molecule has 1 atom stereocenters. The lowest BCUT2D eigenvalue weighted by atomic mass is 10.1. The number of nitriles is 1. The zero-order chi connectivity index (χ0) is 18.6. The van der Waals surface area contributed by atoms with E-state index in [1.54, 1.807) is 28.8 Å². The molecule has 0 aliphatic carbocycles. The van der Waals surface area contributed by atoms with Gasteiger partial charge < -0.3 is 14.6 Å². The van der Waals surface area contributed by atoms with Crippen LogP contribution in [-0.2, 0) is 7.05 Å². The molecule has 0 aliphatic rings. The van der Waals surface area contributed by atoms with E-state index < -0.39 is 6.10 Å². The van der Waals surface area contributed by atoms with Gasteiger partial charge in [-0.05, 0) is 29.7 Å². The standard InChI is InChI=1S/C19H22FN3O2/c1-13(2)10-23(12-18(24)15-4-6-16(20)7-5-15)19(25)17-8-14(9-21)11-22(17)3/h4-8,11,13,18,24H,10,12H2,1-3H3/t18-/m0/s1. The van der Waals surface area contributed by atoms with Gasteiger partial charge in [0.25, 0.3) is 5.91 Å². The van der Waals surface area contributed by atoms with Crippen molar-refractivity contribution < 1.29 is 14.3 Å². The Hall–Kier alpha value is -2.65. The number of hydrogen-bond acceptors (Lipinski definition) is 3. The monoisotopic (exact) mass is 343 g/mol. The molecule has 132 valence electrons. The lowest BCUT2D eigenvalue weighted by molar-refractivity contribution is 0.0585. The highest BCUT2D eigenvalue weighted by Crippen LogP contribution is 2.18. The van der Waals surface area contributed by atoms with Crippen LogP contribution >= 0.6 is 0 Å². The highest BCUT2D eigenvalue weighted by molar-refractivity contribution is 5.93. The van der Waals surface area contributed by atoms with E-state index in [9.17, 15) is 14.3 Å². The predicted molar refractivity (Wildman–Crippen MR) is 92.2 cm³/mol. The van der Waals surface area contributed by atoms with Gasteiger partial charge in [-0.15, -0.1) is 0 Å². The van der Waals surface area contributed by atoms with E-state index in [0.29, 0.717) is 23.4 Å². The molecule has 0 saturated heterocycles. The van der Waals surface area contributed by atoms with E-state index in [1.807, 2.05) is 19.9 Å². The molecule has 1 N–H and O–H groups in total. The number of benzene rings is 1. The smallest absolute Gasteiger partial charge is 0.270 e. The summed E-state index contributed by atoms with van der Waals surface area (Å²) < 4.78 is 14.6. The van der Waals surface area contributed by atoms with E-state index in [1.165, 1.54) is 24.3 Å². The molecule has 2 aromatic rings. The number of carbonyl (C=O) groups is 1. The Labute approximate surface area is 146 Å². The quantitative estimate of drug-likeness (QED) is 0.877. The summed E-state index contributed by atoms with van der Waals surface area (Å²) in [6, 6.07) is 9.14. The van der Waals surface area contributed by atoms with Crippen molar-refractivity contribution in [3.8, 4) is 6.07 Å². The molecule has 0 spiro atoms. The van der Waals surface area contributed by atoms with Crippen LogP contribution in [0, 0.1) is 23.1 Å². The topological polar surface area (TPSA) is 69.3 Å². The third-order valence-electron chi connectivity index (χ3n) is 3.87. The van der Waals surface area contributed by atoms with E-state index in [4.69, 9.17) is 5.26 Å². The number of aliphatic hydroxyl groups excluding tert-OH is 1. The molecule has 6 heteroatoms. The van der Waals surface area contributed by atoms with Crippen molar-refractivity contribution in [2.45, 2.75) is 20.0 Å². The first-order valence-electron chi connectivity index (χ1n) is 8.11. The Morgan fingerprint density at radius 1 is 1.32 bits per heavy atom. The molecule has 0 saturated carbocycles. The summed E-state index contributed by atoms with van der Waals surface area (Å²) in [6.45, 7) is 4.52. The van der Waals surface area contributed by atoms with Crippen molar-refractivity contribution in [2.75, 3.05) is 13.1 Å². The minimum absolute atomic E-state index is 0.0930. The van der Waals surface area contributed by atoms with Gasteiger partial charge in [0.2, 0.25) is 0 Å². The number of halogens is 1. The van der Waals surface area contributed by atoms with Crippen molar-refractivity contribution in [2.24, 2.45) is 13.0 Å². The van der Waals surface area contributed by atoms with Gasteiger partial charge in [-0.2, -0.15) is 5.26 Å².